The number of carbonyl (C=O) groups is 1. The molecule has 1 aliphatic carbocycles. The highest BCUT2D eigenvalue weighted by Crippen LogP contribution is 2.30. The molecule has 2 N–H and O–H groups in total. The van der Waals surface area contributed by atoms with Crippen LogP contribution in [-0.4, -0.2) is 11.1 Å². The highest BCUT2D eigenvalue weighted by Gasteiger charge is 2.24. The van der Waals surface area contributed by atoms with Crippen LogP contribution >= 0.6 is 11.6 Å². The van der Waals surface area contributed by atoms with Crippen LogP contribution in [-0.2, 0) is 17.6 Å². The van der Waals surface area contributed by atoms with Crippen LogP contribution in [0.3, 0.4) is 0 Å². The molecular formula is C17H16ClNO2. The molecule has 1 unspecified atom stereocenters. The Kier molecular flexibility index (Phi) is 3.95. The van der Waals surface area contributed by atoms with E-state index in [4.69, 9.17) is 16.8 Å². The molecule has 21 heavy (non-hydrogen) atoms. The fraction of sp³-hybridized carbons (Fsp3) is 0.235. The predicted octanol–water partition coefficient (Wildman–Crippen LogP) is 3.62. The first-order valence-corrected chi connectivity index (χ1v) is 7.37. The lowest BCUT2D eigenvalue weighted by Gasteiger charge is -2.23. The smallest absolute Gasteiger partial charge is 0.246 e. The molecule has 0 aliphatic heterocycles. The van der Waals surface area contributed by atoms with Gasteiger partial charge in [-0.3, -0.25) is 10.0 Å². The van der Waals surface area contributed by atoms with Gasteiger partial charge in [-0.2, -0.15) is 0 Å². The fourth-order valence-electron chi connectivity index (χ4n) is 2.92. The van der Waals surface area contributed by atoms with Crippen LogP contribution in [0.5, 0.6) is 0 Å². The molecule has 3 nitrogen and oxygen atoms in total. The van der Waals surface area contributed by atoms with E-state index in [2.05, 4.69) is 18.2 Å². The average molecular weight is 302 g/mol. The van der Waals surface area contributed by atoms with E-state index in [1.807, 2.05) is 24.3 Å². The molecule has 3 rings (SSSR count). The van der Waals surface area contributed by atoms with E-state index >= 15 is 0 Å². The van der Waals surface area contributed by atoms with Gasteiger partial charge in [-0.15, -0.1) is 0 Å². The summed E-state index contributed by atoms with van der Waals surface area (Å²) in [5, 5.41) is 9.49. The maximum absolute atomic E-state index is 11.6. The van der Waals surface area contributed by atoms with Crippen molar-refractivity contribution in [3.8, 4) is 11.1 Å². The minimum absolute atomic E-state index is 0.155. The molecule has 108 valence electrons. The molecule has 1 amide bonds. The number of hydroxylamine groups is 1. The van der Waals surface area contributed by atoms with Gasteiger partial charge in [0.05, 0.1) is 0 Å². The summed E-state index contributed by atoms with van der Waals surface area (Å²) < 4.78 is 0. The van der Waals surface area contributed by atoms with Crippen molar-refractivity contribution < 1.29 is 10.0 Å². The number of hydrogen-bond donors (Lipinski definition) is 2. The van der Waals surface area contributed by atoms with Crippen LogP contribution in [0.2, 0.25) is 5.02 Å². The highest BCUT2D eigenvalue weighted by atomic mass is 35.5. The van der Waals surface area contributed by atoms with E-state index in [9.17, 15) is 4.79 Å². The van der Waals surface area contributed by atoms with E-state index < -0.39 is 0 Å². The maximum Gasteiger partial charge on any atom is 0.246 e. The van der Waals surface area contributed by atoms with Crippen molar-refractivity contribution in [1.82, 2.24) is 5.48 Å². The number of rotatable bonds is 2. The van der Waals surface area contributed by atoms with Gasteiger partial charge in [0, 0.05) is 10.9 Å². The zero-order valence-corrected chi connectivity index (χ0v) is 12.2. The van der Waals surface area contributed by atoms with Crippen LogP contribution in [0, 0.1) is 5.92 Å². The summed E-state index contributed by atoms with van der Waals surface area (Å²) in [6, 6.07) is 14.1. The van der Waals surface area contributed by atoms with Crippen molar-refractivity contribution in [1.29, 1.82) is 0 Å². The first-order valence-electron chi connectivity index (χ1n) is 6.99. The van der Waals surface area contributed by atoms with Gasteiger partial charge >= 0.3 is 0 Å². The molecular weight excluding hydrogens is 286 g/mol. The minimum Gasteiger partial charge on any atom is -0.289 e. The summed E-state index contributed by atoms with van der Waals surface area (Å²) in [6.07, 6.45) is 2.30. The number of aryl methyl sites for hydroxylation is 1. The summed E-state index contributed by atoms with van der Waals surface area (Å²) in [5.41, 5.74) is 6.38. The molecule has 2 aromatic rings. The molecule has 0 spiro atoms. The molecule has 0 aromatic heterocycles. The van der Waals surface area contributed by atoms with E-state index in [0.29, 0.717) is 11.4 Å². The second-order valence-electron chi connectivity index (χ2n) is 5.41. The molecule has 1 aliphatic rings. The molecule has 0 saturated heterocycles. The monoisotopic (exact) mass is 301 g/mol. The Labute approximate surface area is 128 Å². The molecule has 4 heteroatoms. The Balaban J connectivity index is 1.92. The van der Waals surface area contributed by atoms with Crippen molar-refractivity contribution in [2.75, 3.05) is 0 Å². The van der Waals surface area contributed by atoms with Crippen LogP contribution in [0.1, 0.15) is 17.5 Å². The molecule has 0 fully saturated rings. The summed E-state index contributed by atoms with van der Waals surface area (Å²) >= 11 is 6.04. The van der Waals surface area contributed by atoms with Gasteiger partial charge in [-0.1, -0.05) is 41.9 Å². The van der Waals surface area contributed by atoms with Gasteiger partial charge in [0.15, 0.2) is 0 Å². The Morgan fingerprint density at radius 3 is 2.71 bits per heavy atom. The predicted molar refractivity (Wildman–Crippen MR) is 82.3 cm³/mol. The second kappa shape index (κ2) is 5.88. The van der Waals surface area contributed by atoms with Gasteiger partial charge < -0.3 is 0 Å². The quantitative estimate of drug-likeness (QED) is 0.657. The van der Waals surface area contributed by atoms with E-state index in [0.717, 1.165) is 24.0 Å². The van der Waals surface area contributed by atoms with Gasteiger partial charge in [0.1, 0.15) is 0 Å². The van der Waals surface area contributed by atoms with Crippen molar-refractivity contribution in [3.63, 3.8) is 0 Å². The van der Waals surface area contributed by atoms with Crippen molar-refractivity contribution in [2.45, 2.75) is 19.3 Å². The van der Waals surface area contributed by atoms with Gasteiger partial charge in [-0.05, 0) is 53.6 Å². The zero-order chi connectivity index (χ0) is 14.8. The largest absolute Gasteiger partial charge is 0.289 e. The van der Waals surface area contributed by atoms with Crippen LogP contribution in [0.15, 0.2) is 42.5 Å². The molecule has 0 bridgehead atoms. The van der Waals surface area contributed by atoms with E-state index in [1.54, 1.807) is 5.48 Å². The van der Waals surface area contributed by atoms with Crippen molar-refractivity contribution >= 4 is 17.5 Å². The SMILES string of the molecule is O=C(NO)C1CCc2ccc(-c3cccc(Cl)c3)cc2C1. The van der Waals surface area contributed by atoms with Crippen molar-refractivity contribution in [3.05, 3.63) is 58.6 Å². The van der Waals surface area contributed by atoms with E-state index in [1.165, 1.54) is 11.1 Å². The molecule has 2 aromatic carbocycles. The van der Waals surface area contributed by atoms with Crippen LogP contribution in [0.25, 0.3) is 11.1 Å². The third-order valence-electron chi connectivity index (χ3n) is 4.07. The topological polar surface area (TPSA) is 49.3 Å². The second-order valence-corrected chi connectivity index (χ2v) is 5.85. The lowest BCUT2D eigenvalue weighted by molar-refractivity contribution is -0.133. The minimum atomic E-state index is -0.297. The molecule has 0 saturated carbocycles. The first-order chi connectivity index (χ1) is 10.2. The van der Waals surface area contributed by atoms with Crippen molar-refractivity contribution in [2.24, 2.45) is 5.92 Å². The van der Waals surface area contributed by atoms with E-state index in [-0.39, 0.29) is 11.8 Å². The van der Waals surface area contributed by atoms with Crippen LogP contribution < -0.4 is 5.48 Å². The van der Waals surface area contributed by atoms with Gasteiger partial charge in [0.2, 0.25) is 5.91 Å². The number of halogens is 1. The first kappa shape index (κ1) is 14.1. The normalized spacial score (nSPS) is 17.1. The lowest BCUT2D eigenvalue weighted by Crippen LogP contribution is -2.31. The Morgan fingerprint density at radius 1 is 1.14 bits per heavy atom. The average Bonchev–Trinajstić information content (AvgIpc) is 2.53. The standard InChI is InChI=1S/C17H16ClNO2/c18-16-3-1-2-12(10-16)13-6-4-11-5-7-14(17(20)19-21)9-15(11)8-13/h1-4,6,8,10,14,21H,5,7,9H2,(H,19,20). The number of hydrogen-bond acceptors (Lipinski definition) is 2. The van der Waals surface area contributed by atoms with Crippen LogP contribution in [0.4, 0.5) is 0 Å². The third-order valence-corrected chi connectivity index (χ3v) is 4.31. The number of carbonyl (C=O) groups excluding carboxylic acids is 1. The number of benzene rings is 2. The Hall–Kier alpha value is -1.84. The number of nitrogens with one attached hydrogen (secondary N) is 1. The zero-order valence-electron chi connectivity index (χ0n) is 11.5. The summed E-state index contributed by atoms with van der Waals surface area (Å²) in [4.78, 5) is 11.6. The molecule has 0 heterocycles. The number of fused-ring (bicyclic) bond motifs is 1. The number of amides is 1. The maximum atomic E-state index is 11.6. The summed E-state index contributed by atoms with van der Waals surface area (Å²) in [7, 11) is 0. The summed E-state index contributed by atoms with van der Waals surface area (Å²) in [5.74, 6) is -0.453. The highest BCUT2D eigenvalue weighted by molar-refractivity contribution is 6.30. The van der Waals surface area contributed by atoms with Gasteiger partial charge in [-0.25, -0.2) is 5.48 Å². The third kappa shape index (κ3) is 2.94. The fourth-order valence-corrected chi connectivity index (χ4v) is 3.11. The molecule has 1 atom stereocenters. The van der Waals surface area contributed by atoms with Gasteiger partial charge in [0.25, 0.3) is 0 Å². The lowest BCUT2D eigenvalue weighted by atomic mass is 9.82. The Bertz CT molecular complexity index is 684. The Morgan fingerprint density at radius 2 is 1.95 bits per heavy atom. The molecule has 0 radical (unpaired) electrons. The summed E-state index contributed by atoms with van der Waals surface area (Å²) in [6.45, 7) is 0.